The monoisotopic (exact) mass is 2370 g/mol. The van der Waals surface area contributed by atoms with E-state index in [1.165, 1.54) is 68.7 Å². The molecule has 19 aromatic rings. The van der Waals surface area contributed by atoms with Crippen LogP contribution in [0.2, 0.25) is 0 Å². The summed E-state index contributed by atoms with van der Waals surface area (Å²) in [4.78, 5) is 39.2. The van der Waals surface area contributed by atoms with Gasteiger partial charge in [-0.15, -0.1) is 83.6 Å². The first-order valence-corrected chi connectivity index (χ1v) is 36.6. The van der Waals surface area contributed by atoms with Crippen LogP contribution in [0.15, 0.2) is 249 Å². The molecule has 0 unspecified atom stereocenters. The van der Waals surface area contributed by atoms with Crippen molar-refractivity contribution in [2.75, 3.05) is 0 Å². The van der Waals surface area contributed by atoms with Gasteiger partial charge in [-0.05, 0) is 151 Å². The Labute approximate surface area is 751 Å². The van der Waals surface area contributed by atoms with Crippen molar-refractivity contribution >= 4 is 54.6 Å². The summed E-state index contributed by atoms with van der Waals surface area (Å²) in [7, 11) is 0. The number of pyridine rings is 10. The molecule has 0 N–H and O–H groups in total. The number of hydrogen-bond acceptors (Lipinski definition) is 10. The van der Waals surface area contributed by atoms with Crippen LogP contribution in [0.5, 0.6) is 0 Å². The van der Waals surface area contributed by atoms with Gasteiger partial charge in [0.1, 0.15) is 76.3 Å². The van der Waals surface area contributed by atoms with Crippen molar-refractivity contribution in [1.82, 2.24) is 58.6 Å². The molecule has 0 saturated heterocycles. The van der Waals surface area contributed by atoms with Gasteiger partial charge < -0.3 is 8.80 Å². The van der Waals surface area contributed by atoms with E-state index in [-0.39, 0.29) is 139 Å². The number of aryl methyl sites for hydroxylation is 3. The fraction of sp³-hybridized carbons (Fsp3) is 0.0737. The Balaban J connectivity index is 0.000000154. The first-order chi connectivity index (χ1) is 57.4. The average Bonchev–Trinajstić information content (AvgIpc) is 1.71. The number of rotatable bonds is 11. The van der Waals surface area contributed by atoms with Crippen molar-refractivity contribution < 1.29 is 135 Å². The smallest absolute Gasteiger partial charge is 0.340 e. The van der Waals surface area contributed by atoms with E-state index in [0.717, 1.165) is 101 Å². The van der Waals surface area contributed by atoms with E-state index in [1.54, 1.807) is 60.7 Å². The molecular formula is C95H56F12Ir2N12Pt2-2. The van der Waals surface area contributed by atoms with Gasteiger partial charge in [0.15, 0.2) is 0 Å². The molecule has 0 aliphatic rings. The number of hydrogen-bond donors (Lipinski definition) is 0. The molecule has 7 aromatic carbocycles. The van der Waals surface area contributed by atoms with Crippen LogP contribution in [-0.2, 0) is 93.2 Å². The predicted octanol–water partition coefficient (Wildman–Crippen LogP) is 22.2. The summed E-state index contributed by atoms with van der Waals surface area (Å²) in [6.07, 6.45) is 5.84. The number of fused-ring (bicyclic) bond motifs is 12. The minimum atomic E-state index is -1.69. The van der Waals surface area contributed by atoms with Crippen LogP contribution in [0.1, 0.15) is 64.4 Å². The number of aromatic nitrogens is 12. The van der Waals surface area contributed by atoms with E-state index in [2.05, 4.69) is 190 Å². The second-order valence-electron chi connectivity index (χ2n) is 28.0. The molecule has 0 amide bonds. The van der Waals surface area contributed by atoms with Gasteiger partial charge in [0, 0.05) is 92.2 Å². The summed E-state index contributed by atoms with van der Waals surface area (Å²) in [6.45, 7) is 9.55. The Kier molecular flexibility index (Phi) is 27.7. The molecule has 0 aliphatic heterocycles. The Morgan fingerprint density at radius 2 is 0.740 bits per heavy atom. The molecule has 123 heavy (non-hydrogen) atoms. The third kappa shape index (κ3) is 18.0. The fourth-order valence-electron chi connectivity index (χ4n) is 14.6. The normalized spacial score (nSPS) is 11.2. The van der Waals surface area contributed by atoms with Crippen LogP contribution < -0.4 is 0 Å². The second-order valence-corrected chi connectivity index (χ2v) is 28.0. The molecule has 0 bridgehead atoms. The Hall–Kier alpha value is -12.0. The number of para-hydroxylation sites is 1. The van der Waals surface area contributed by atoms with Crippen molar-refractivity contribution in [3.63, 3.8) is 0 Å². The van der Waals surface area contributed by atoms with Crippen LogP contribution in [0.25, 0.3) is 111 Å². The van der Waals surface area contributed by atoms with E-state index in [0.29, 0.717) is 11.1 Å². The van der Waals surface area contributed by atoms with Crippen molar-refractivity contribution in [3.05, 3.63) is 407 Å². The number of nitrogens with zero attached hydrogens (tertiary/aromatic N) is 12. The van der Waals surface area contributed by atoms with Crippen LogP contribution in [0.3, 0.4) is 0 Å². The Bertz CT molecular complexity index is 6840. The zero-order valence-electron chi connectivity index (χ0n) is 64.4. The number of benzene rings is 7. The van der Waals surface area contributed by atoms with Gasteiger partial charge in [-0.3, -0.25) is 49.8 Å². The zero-order chi connectivity index (χ0) is 83.1. The molecule has 12 nitrogen and oxygen atoms in total. The molecule has 2 radical (unpaired) electrons. The van der Waals surface area contributed by atoms with Crippen LogP contribution in [0, 0.1) is 128 Å². The first kappa shape index (κ1) is 90.2. The van der Waals surface area contributed by atoms with Gasteiger partial charge >= 0.3 is 42.1 Å². The average molecular weight is 2370 g/mol. The van der Waals surface area contributed by atoms with Crippen molar-refractivity contribution in [2.24, 2.45) is 0 Å². The minimum Gasteiger partial charge on any atom is -0.340 e. The Morgan fingerprint density at radius 3 is 1.18 bits per heavy atom. The Morgan fingerprint density at radius 1 is 0.350 bits per heavy atom. The topological polar surface area (TPSA) is 138 Å². The SMILES string of the molecule is CC(C)(c1cc(F)cc(-c2[c-]cc(F)nc2F)n1)c1cc(F)cc(-c2[c-]cc(F)nc2F)n1.Cc1ccc2c(c1)c1ccc[c-]c1c1ncc(-c3c(C)cccc3C)n21.Fc1cc(-c2[c-]cc(F)nc2F)nc(C(c2ccccc2)(c2ccccc2)c2cc(F)cc(-c3[c-]cc(F)nc3F)n2)c1.[Ir].[Ir].[Pt+2].[Pt+2].[c-]1cccc2c1c1nccn1c1ccccc21. The summed E-state index contributed by atoms with van der Waals surface area (Å²) >= 11 is 0. The quantitative estimate of drug-likeness (QED) is 0.0532. The fourth-order valence-corrected chi connectivity index (χ4v) is 14.6. The maximum absolute atomic E-state index is 15.5. The van der Waals surface area contributed by atoms with E-state index in [1.807, 2.05) is 36.8 Å². The molecule has 0 saturated carbocycles. The molecule has 19 rings (SSSR count). The molecule has 0 spiro atoms. The third-order valence-corrected chi connectivity index (χ3v) is 20.1. The van der Waals surface area contributed by atoms with Gasteiger partial charge in [0.25, 0.3) is 0 Å². The zero-order valence-corrected chi connectivity index (χ0v) is 73.7. The van der Waals surface area contributed by atoms with Gasteiger partial charge in [-0.1, -0.05) is 172 Å². The number of halogens is 12. The van der Waals surface area contributed by atoms with E-state index in [9.17, 15) is 43.9 Å². The minimum absolute atomic E-state index is 0. The molecule has 620 valence electrons. The molecular weight excluding hydrogens is 2310 g/mol. The largest absolute Gasteiger partial charge is 2.00 e. The summed E-state index contributed by atoms with van der Waals surface area (Å²) in [5.41, 5.74) is 5.81. The van der Waals surface area contributed by atoms with Gasteiger partial charge in [-0.25, -0.2) is 52.7 Å². The predicted molar refractivity (Wildman–Crippen MR) is 426 cm³/mol. The summed E-state index contributed by atoms with van der Waals surface area (Å²) in [5.74, 6) is -12.8. The van der Waals surface area contributed by atoms with Crippen LogP contribution in [-0.4, -0.2) is 58.6 Å². The molecule has 12 aromatic heterocycles. The van der Waals surface area contributed by atoms with Crippen LogP contribution >= 0.6 is 0 Å². The van der Waals surface area contributed by atoms with E-state index in [4.69, 9.17) is 4.98 Å². The third-order valence-electron chi connectivity index (χ3n) is 20.1. The van der Waals surface area contributed by atoms with Crippen LogP contribution in [0.4, 0.5) is 52.7 Å². The maximum Gasteiger partial charge on any atom is 2.00 e. The van der Waals surface area contributed by atoms with Gasteiger partial charge in [-0.2, -0.15) is 0 Å². The van der Waals surface area contributed by atoms with Gasteiger partial charge in [0.2, 0.25) is 0 Å². The molecule has 28 heteroatoms. The molecule has 0 fully saturated rings. The van der Waals surface area contributed by atoms with Crippen molar-refractivity contribution in [2.45, 2.75) is 45.4 Å². The molecule has 12 heterocycles. The van der Waals surface area contributed by atoms with Gasteiger partial charge in [0.05, 0.1) is 28.4 Å². The van der Waals surface area contributed by atoms with E-state index >= 15 is 8.78 Å². The molecule has 0 aliphatic carbocycles. The van der Waals surface area contributed by atoms with Crippen molar-refractivity contribution in [3.8, 4) is 56.3 Å². The first-order valence-electron chi connectivity index (χ1n) is 36.6. The maximum atomic E-state index is 15.5. The summed E-state index contributed by atoms with van der Waals surface area (Å²) in [6, 6.07) is 77.9. The molecule has 0 atom stereocenters. The summed E-state index contributed by atoms with van der Waals surface area (Å²) < 4.78 is 175. The van der Waals surface area contributed by atoms with Crippen molar-refractivity contribution in [1.29, 1.82) is 0 Å². The summed E-state index contributed by atoms with van der Waals surface area (Å²) in [5, 5.41) is 7.05. The number of imidazole rings is 2. The van der Waals surface area contributed by atoms with E-state index < -0.39 is 92.8 Å². The standard InChI is InChI=1S/C33H16F6N4.C24H19N2.C23H12F6N4.C15H9N2.2Ir.2Pt/c34-21-15-25(23-11-13-29(36)42-31(23)38)40-27(17-21)33(19-7-3-1-4-8-19,20-9-5-2-6-10-20)28-18-22(35)16-26(41-28)24-12-14-30(37)43-32(24)39;1-15-11-12-21-20(13-15)18-9-4-5-10-19(18)24-25-14-22(26(21)24)23-16(2)7-6-8-17(23)3;1-23(2,17-9-11(24)7-15(30-17)13-3-5-19(26)32-21(13)28)18-10-12(25)8-16(31-18)14-4-6-20(27)33-22(14)29;1-2-7-13-11(5-1)12-6-3-4-8-14(12)17-10-9-16-15(13)17;;;;/h1-10,13-18H;4-9,11-14H,1-3H3;5-10H,1-2H3;1-6,8-10H;;;;/q-2;-1;-2;-1;;;2*+2. The second kappa shape index (κ2) is 37.8.